The molecule has 2 aliphatic rings. The van der Waals surface area contributed by atoms with Gasteiger partial charge in [-0.25, -0.2) is 14.2 Å². The predicted octanol–water partition coefficient (Wildman–Crippen LogP) is 5.38. The second-order valence-electron chi connectivity index (χ2n) is 7.69. The number of alkyl halides is 2. The van der Waals surface area contributed by atoms with E-state index in [4.69, 9.17) is 0 Å². The Morgan fingerprint density at radius 1 is 1.00 bits per heavy atom. The average Bonchev–Trinajstić information content (AvgIpc) is 3.34. The Balaban J connectivity index is 1.39. The van der Waals surface area contributed by atoms with Gasteiger partial charge in [0.2, 0.25) is 0 Å². The van der Waals surface area contributed by atoms with Crippen molar-refractivity contribution in [3.63, 3.8) is 0 Å². The van der Waals surface area contributed by atoms with Crippen molar-refractivity contribution in [1.29, 1.82) is 0 Å². The summed E-state index contributed by atoms with van der Waals surface area (Å²) in [6.07, 6.45) is -3.74. The largest absolute Gasteiger partial charge is 0.586 e. The van der Waals surface area contributed by atoms with Crippen molar-refractivity contribution < 1.29 is 27.4 Å². The summed E-state index contributed by atoms with van der Waals surface area (Å²) in [6.45, 7) is 2.12. The molecule has 168 valence electrons. The Hall–Kier alpha value is -4.14. The number of nitrogens with zero attached hydrogens (tertiary/aromatic N) is 1. The fourth-order valence-corrected chi connectivity index (χ4v) is 3.69. The quantitative estimate of drug-likeness (QED) is 0.559. The number of anilines is 1. The van der Waals surface area contributed by atoms with Crippen LogP contribution in [0.4, 0.5) is 23.7 Å². The summed E-state index contributed by atoms with van der Waals surface area (Å²) in [7, 11) is 0. The summed E-state index contributed by atoms with van der Waals surface area (Å²) in [5, 5.41) is 3.98. The Bertz CT molecular complexity index is 1280. The molecule has 5 rings (SSSR count). The maximum Gasteiger partial charge on any atom is 0.586 e. The van der Waals surface area contributed by atoms with Crippen LogP contribution in [0.25, 0.3) is 11.3 Å². The standard InChI is InChI=1S/C24H18F3N3O3/c1-14-5-7-15(8-6-14)22-19(16-3-2-4-17(25)11-16)13-30(29-22)23(31)28-18-9-10-20-21(12-18)33-24(26,27)32-20/h2-12,29H,13H2,1H3,(H,28,31). The second-order valence-corrected chi connectivity index (χ2v) is 7.69. The number of carbonyl (C=O) groups excluding carboxylic acids is 1. The number of aryl methyl sites for hydroxylation is 1. The highest BCUT2D eigenvalue weighted by Gasteiger charge is 2.43. The van der Waals surface area contributed by atoms with Crippen molar-refractivity contribution >= 4 is 23.0 Å². The van der Waals surface area contributed by atoms with Crippen molar-refractivity contribution in [2.45, 2.75) is 13.2 Å². The average molecular weight is 453 g/mol. The van der Waals surface area contributed by atoms with Gasteiger partial charge >= 0.3 is 12.3 Å². The molecule has 33 heavy (non-hydrogen) atoms. The van der Waals surface area contributed by atoms with Gasteiger partial charge in [0.25, 0.3) is 0 Å². The van der Waals surface area contributed by atoms with Crippen LogP contribution in [-0.4, -0.2) is 23.9 Å². The molecular formula is C24H18F3N3O3. The minimum atomic E-state index is -3.74. The number of amides is 2. The molecule has 0 bridgehead atoms. The van der Waals surface area contributed by atoms with Crippen molar-refractivity contribution in [1.82, 2.24) is 10.4 Å². The van der Waals surface area contributed by atoms with Gasteiger partial charge in [0, 0.05) is 17.3 Å². The smallest absolute Gasteiger partial charge is 0.395 e. The molecule has 0 fully saturated rings. The van der Waals surface area contributed by atoms with Gasteiger partial charge in [0.15, 0.2) is 11.5 Å². The van der Waals surface area contributed by atoms with Crippen LogP contribution < -0.4 is 20.2 Å². The summed E-state index contributed by atoms with van der Waals surface area (Å²) >= 11 is 0. The van der Waals surface area contributed by atoms with E-state index in [1.165, 1.54) is 35.3 Å². The van der Waals surface area contributed by atoms with Crippen LogP contribution in [0.3, 0.4) is 0 Å². The number of halogens is 3. The van der Waals surface area contributed by atoms with Gasteiger partial charge in [0.05, 0.1) is 12.2 Å². The van der Waals surface area contributed by atoms with E-state index in [-0.39, 0.29) is 29.5 Å². The summed E-state index contributed by atoms with van der Waals surface area (Å²) in [4.78, 5) is 12.9. The van der Waals surface area contributed by atoms with Gasteiger partial charge < -0.3 is 14.8 Å². The number of urea groups is 1. The Morgan fingerprint density at radius 3 is 2.52 bits per heavy atom. The first-order valence-corrected chi connectivity index (χ1v) is 10.1. The minimum absolute atomic E-state index is 0.117. The number of carbonyl (C=O) groups is 1. The molecule has 2 heterocycles. The molecule has 0 saturated carbocycles. The lowest BCUT2D eigenvalue weighted by Crippen LogP contribution is -2.40. The summed E-state index contributed by atoms with van der Waals surface area (Å²) in [5.74, 6) is -0.677. The molecule has 0 radical (unpaired) electrons. The van der Waals surface area contributed by atoms with Crippen molar-refractivity contribution in [3.05, 3.63) is 89.2 Å². The van der Waals surface area contributed by atoms with Crippen molar-refractivity contribution in [2.75, 3.05) is 11.9 Å². The molecule has 0 aromatic heterocycles. The van der Waals surface area contributed by atoms with Crippen molar-refractivity contribution in [2.24, 2.45) is 0 Å². The molecule has 2 amide bonds. The number of hydrogen-bond acceptors (Lipinski definition) is 4. The Morgan fingerprint density at radius 2 is 1.76 bits per heavy atom. The van der Waals surface area contributed by atoms with E-state index in [2.05, 4.69) is 20.2 Å². The number of fused-ring (bicyclic) bond motifs is 1. The zero-order valence-electron chi connectivity index (χ0n) is 17.4. The van der Waals surface area contributed by atoms with Gasteiger partial charge in [-0.3, -0.25) is 5.43 Å². The number of rotatable bonds is 3. The highest BCUT2D eigenvalue weighted by Crippen LogP contribution is 2.42. The van der Waals surface area contributed by atoms with Crippen LogP contribution in [0.5, 0.6) is 11.5 Å². The Labute approximate surface area is 187 Å². The summed E-state index contributed by atoms with van der Waals surface area (Å²) in [5.41, 5.74) is 7.28. The minimum Gasteiger partial charge on any atom is -0.395 e. The molecule has 0 unspecified atom stereocenters. The van der Waals surface area contributed by atoms with Gasteiger partial charge in [-0.2, -0.15) is 0 Å². The number of nitrogens with one attached hydrogen (secondary N) is 2. The van der Waals surface area contributed by atoms with Crippen LogP contribution >= 0.6 is 0 Å². The maximum absolute atomic E-state index is 13.9. The van der Waals surface area contributed by atoms with Crippen LogP contribution in [0.2, 0.25) is 0 Å². The zero-order valence-corrected chi connectivity index (χ0v) is 17.4. The van der Waals surface area contributed by atoms with Crippen LogP contribution in [0.15, 0.2) is 66.7 Å². The molecule has 0 spiro atoms. The highest BCUT2D eigenvalue weighted by atomic mass is 19.3. The van der Waals surface area contributed by atoms with Crippen LogP contribution in [0.1, 0.15) is 16.7 Å². The first kappa shape index (κ1) is 20.7. The van der Waals surface area contributed by atoms with Gasteiger partial charge in [0.1, 0.15) is 5.82 Å². The lowest BCUT2D eigenvalue weighted by Gasteiger charge is -2.19. The lowest BCUT2D eigenvalue weighted by molar-refractivity contribution is -0.286. The molecule has 6 nitrogen and oxygen atoms in total. The van der Waals surface area contributed by atoms with E-state index in [0.29, 0.717) is 11.3 Å². The van der Waals surface area contributed by atoms with Gasteiger partial charge in [-0.05, 0) is 42.3 Å². The van der Waals surface area contributed by atoms with E-state index in [0.717, 1.165) is 16.7 Å². The third-order valence-corrected chi connectivity index (χ3v) is 5.28. The monoisotopic (exact) mass is 453 g/mol. The first-order chi connectivity index (χ1) is 15.8. The van der Waals surface area contributed by atoms with E-state index in [9.17, 15) is 18.0 Å². The number of ether oxygens (including phenoxy) is 2. The molecule has 0 atom stereocenters. The van der Waals surface area contributed by atoms with Gasteiger partial charge in [-0.15, -0.1) is 8.78 Å². The second kappa shape index (κ2) is 7.77. The number of hydrazine groups is 1. The van der Waals surface area contributed by atoms with E-state index in [1.807, 2.05) is 31.2 Å². The van der Waals surface area contributed by atoms with Crippen LogP contribution in [0, 0.1) is 12.7 Å². The first-order valence-electron chi connectivity index (χ1n) is 10.1. The fraction of sp³-hybridized carbons (Fsp3) is 0.125. The molecular weight excluding hydrogens is 435 g/mol. The molecule has 0 aliphatic carbocycles. The van der Waals surface area contributed by atoms with Crippen molar-refractivity contribution in [3.8, 4) is 11.5 Å². The lowest BCUT2D eigenvalue weighted by atomic mass is 10.00. The molecule has 3 aromatic carbocycles. The highest BCUT2D eigenvalue weighted by molar-refractivity contribution is 5.98. The number of hydrogen-bond donors (Lipinski definition) is 2. The summed E-state index contributed by atoms with van der Waals surface area (Å²) < 4.78 is 49.2. The topological polar surface area (TPSA) is 62.8 Å². The maximum atomic E-state index is 13.9. The van der Waals surface area contributed by atoms with Gasteiger partial charge in [-0.1, -0.05) is 42.0 Å². The zero-order chi connectivity index (χ0) is 23.2. The van der Waals surface area contributed by atoms with Crippen LogP contribution in [-0.2, 0) is 0 Å². The normalized spacial score (nSPS) is 16.1. The molecule has 2 N–H and O–H groups in total. The third-order valence-electron chi connectivity index (χ3n) is 5.28. The summed E-state index contributed by atoms with van der Waals surface area (Å²) in [6, 6.07) is 17.3. The molecule has 3 aromatic rings. The molecule has 0 saturated heterocycles. The third kappa shape index (κ3) is 4.17. The predicted molar refractivity (Wildman–Crippen MR) is 116 cm³/mol. The number of benzene rings is 3. The van der Waals surface area contributed by atoms with E-state index < -0.39 is 12.3 Å². The SMILES string of the molecule is Cc1ccc(C2=C(c3cccc(F)c3)CN(C(=O)Nc3ccc4c(c3)OC(F)(F)O4)N2)cc1. The van der Waals surface area contributed by atoms with E-state index >= 15 is 0 Å². The Kier molecular flexibility index (Phi) is 4.88. The molecule has 2 aliphatic heterocycles. The fourth-order valence-electron chi connectivity index (χ4n) is 3.69. The van der Waals surface area contributed by atoms with E-state index in [1.54, 1.807) is 12.1 Å². The molecule has 9 heteroatoms.